The van der Waals surface area contributed by atoms with Crippen molar-refractivity contribution in [2.75, 3.05) is 6.54 Å². The summed E-state index contributed by atoms with van der Waals surface area (Å²) in [6.45, 7) is 19.2. The zero-order chi connectivity index (χ0) is 36.3. The Morgan fingerprint density at radius 3 is 2.27 bits per heavy atom. The van der Waals surface area contributed by atoms with Gasteiger partial charge in [-0.05, 0) is 67.4 Å². The van der Waals surface area contributed by atoms with Gasteiger partial charge in [-0.15, -0.1) is 5.06 Å². The van der Waals surface area contributed by atoms with Gasteiger partial charge in [-0.2, -0.15) is 0 Å². The minimum Gasteiger partial charge on any atom is -0.466 e. The smallest absolute Gasteiger partial charge is 0.443 e. The minimum absolute atomic E-state index is 0.0711. The Balaban J connectivity index is 1.81. The van der Waals surface area contributed by atoms with Crippen molar-refractivity contribution >= 4 is 32.2 Å². The Kier molecular flexibility index (Phi) is 11.7. The van der Waals surface area contributed by atoms with Gasteiger partial charge in [0, 0.05) is 19.3 Å². The second-order valence-corrected chi connectivity index (χ2v) is 20.3. The van der Waals surface area contributed by atoms with Crippen molar-refractivity contribution < 1.29 is 37.9 Å². The van der Waals surface area contributed by atoms with E-state index in [1.165, 1.54) is 11.8 Å². The van der Waals surface area contributed by atoms with E-state index in [-0.39, 0.29) is 35.0 Å². The quantitative estimate of drug-likeness (QED) is 0.192. The first-order valence-electron chi connectivity index (χ1n) is 17.4. The number of hydrogen-bond acceptors (Lipinski definition) is 8. The number of benzene rings is 2. The third-order valence-corrected chi connectivity index (χ3v) is 15.0. The molecule has 11 heteroatoms. The zero-order valence-corrected chi connectivity index (χ0v) is 31.8. The van der Waals surface area contributed by atoms with Crippen LogP contribution in [0.15, 0.2) is 54.6 Å². The zero-order valence-electron chi connectivity index (χ0n) is 30.8. The summed E-state index contributed by atoms with van der Waals surface area (Å²) in [5.74, 6) is -2.34. The number of nitrogens with zero attached hydrogens (tertiary/aromatic N) is 2. The van der Waals surface area contributed by atoms with Gasteiger partial charge >= 0.3 is 12.1 Å². The van der Waals surface area contributed by atoms with Gasteiger partial charge < -0.3 is 18.7 Å². The molecule has 1 saturated carbocycles. The minimum atomic E-state index is -2.49. The highest BCUT2D eigenvalue weighted by Crippen LogP contribution is 2.50. The highest BCUT2D eigenvalue weighted by Gasteiger charge is 2.59. The maximum absolute atomic E-state index is 15.3. The third kappa shape index (κ3) is 8.37. The van der Waals surface area contributed by atoms with Gasteiger partial charge in [-0.1, -0.05) is 84.0 Å². The molecule has 2 aromatic rings. The van der Waals surface area contributed by atoms with Crippen molar-refractivity contribution in [3.05, 3.63) is 65.7 Å². The van der Waals surface area contributed by atoms with Crippen molar-refractivity contribution in [1.29, 1.82) is 0 Å². The molecular weight excluding hydrogens is 641 g/mol. The van der Waals surface area contributed by atoms with Crippen molar-refractivity contribution in [3.63, 3.8) is 0 Å². The van der Waals surface area contributed by atoms with Gasteiger partial charge in [-0.25, -0.2) is 9.69 Å². The van der Waals surface area contributed by atoms with E-state index < -0.39 is 56.5 Å². The first kappa shape index (κ1) is 38.1. The number of amides is 3. The van der Waals surface area contributed by atoms with E-state index in [2.05, 4.69) is 54.6 Å². The molecule has 0 N–H and O–H groups in total. The SMILES string of the molecule is CC(=O)ON(C[C@H](C(=O)N1C(=O)c2ccccc2OC12C[C@H](C)CC[C@H]2C(C)C)[C@@H](C)O[Si](C)(C)C(C)(C)C)C(=O)OCc1ccccc1. The molecule has 3 amide bonds. The van der Waals surface area contributed by atoms with Gasteiger partial charge in [0.05, 0.1) is 24.1 Å². The number of imide groups is 1. The summed E-state index contributed by atoms with van der Waals surface area (Å²) in [6, 6.07) is 16.1. The normalized spacial score (nSPS) is 22.2. The molecule has 268 valence electrons. The second-order valence-electron chi connectivity index (χ2n) is 15.5. The van der Waals surface area contributed by atoms with E-state index in [9.17, 15) is 14.4 Å². The molecule has 1 unspecified atom stereocenters. The molecule has 2 aromatic carbocycles. The number of hydrogen-bond donors (Lipinski definition) is 0. The molecule has 2 aliphatic rings. The lowest BCUT2D eigenvalue weighted by Gasteiger charge is -2.55. The van der Waals surface area contributed by atoms with Crippen LogP contribution in [-0.4, -0.2) is 60.5 Å². The Morgan fingerprint density at radius 2 is 1.65 bits per heavy atom. The fourth-order valence-electron chi connectivity index (χ4n) is 6.81. The predicted molar refractivity (Wildman–Crippen MR) is 189 cm³/mol. The average Bonchev–Trinajstić information content (AvgIpc) is 3.01. The molecule has 1 fully saturated rings. The first-order chi connectivity index (χ1) is 22.9. The van der Waals surface area contributed by atoms with Gasteiger partial charge in [0.25, 0.3) is 5.91 Å². The first-order valence-corrected chi connectivity index (χ1v) is 20.3. The topological polar surface area (TPSA) is 112 Å². The molecule has 1 aliphatic carbocycles. The van der Waals surface area contributed by atoms with Crippen LogP contribution in [0.2, 0.25) is 18.1 Å². The molecular formula is C38H54N2O8Si. The van der Waals surface area contributed by atoms with E-state index in [1.807, 2.05) is 24.3 Å². The maximum Gasteiger partial charge on any atom is 0.443 e. The number of ether oxygens (including phenoxy) is 2. The van der Waals surface area contributed by atoms with Crippen LogP contribution in [0.25, 0.3) is 0 Å². The lowest BCUT2D eigenvalue weighted by atomic mass is 9.69. The summed E-state index contributed by atoms with van der Waals surface area (Å²) in [5, 5.41) is 0.573. The third-order valence-electron chi connectivity index (χ3n) is 10.4. The fourth-order valence-corrected chi connectivity index (χ4v) is 8.26. The van der Waals surface area contributed by atoms with Crippen LogP contribution < -0.4 is 4.74 Å². The van der Waals surface area contributed by atoms with Gasteiger partial charge in [0.15, 0.2) is 14.0 Å². The van der Waals surface area contributed by atoms with E-state index in [4.69, 9.17) is 18.7 Å². The van der Waals surface area contributed by atoms with Gasteiger partial charge in [0.1, 0.15) is 12.4 Å². The van der Waals surface area contributed by atoms with Crippen LogP contribution in [0.4, 0.5) is 4.79 Å². The summed E-state index contributed by atoms with van der Waals surface area (Å²) >= 11 is 0. The largest absolute Gasteiger partial charge is 0.466 e. The summed E-state index contributed by atoms with van der Waals surface area (Å²) in [6.07, 6.45) is 0.439. The van der Waals surface area contributed by atoms with Crippen molar-refractivity contribution in [2.24, 2.45) is 23.7 Å². The Labute approximate surface area is 292 Å². The molecule has 5 atom stereocenters. The van der Waals surface area contributed by atoms with Gasteiger partial charge in [0.2, 0.25) is 5.91 Å². The van der Waals surface area contributed by atoms with E-state index in [1.54, 1.807) is 37.3 Å². The number of fused-ring (bicyclic) bond motifs is 1. The standard InChI is InChI=1S/C38H54N2O8Si/c1-25(2)32-21-20-26(3)22-38(32)40(34(42)30-18-14-15-19-33(30)46-38)35(43)31(27(4)48-49(9,10)37(6,7)8)23-39(47-28(5)41)36(44)45-24-29-16-12-11-13-17-29/h11-19,25-27,31-32H,20-24H2,1-10H3/t26-,27-,31+,32+,38?/m1/s1. The van der Waals surface area contributed by atoms with Crippen LogP contribution in [0.5, 0.6) is 5.75 Å². The fraction of sp³-hybridized carbons (Fsp3) is 0.579. The molecule has 4 rings (SSSR count). The molecule has 1 spiro atoms. The summed E-state index contributed by atoms with van der Waals surface area (Å²) in [5.41, 5.74) is -0.231. The number of carbonyl (C=O) groups excluding carboxylic acids is 4. The molecule has 0 radical (unpaired) electrons. The van der Waals surface area contributed by atoms with Crippen molar-refractivity contribution in [1.82, 2.24) is 9.96 Å². The molecule has 10 nitrogen and oxygen atoms in total. The lowest BCUT2D eigenvalue weighted by molar-refractivity contribution is -0.193. The van der Waals surface area contributed by atoms with Crippen molar-refractivity contribution in [2.45, 2.75) is 111 Å². The predicted octanol–water partition coefficient (Wildman–Crippen LogP) is 7.98. The molecule has 0 saturated heterocycles. The van der Waals surface area contributed by atoms with Crippen LogP contribution >= 0.6 is 0 Å². The van der Waals surface area contributed by atoms with Gasteiger partial charge in [-0.3, -0.25) is 14.4 Å². The van der Waals surface area contributed by atoms with Crippen LogP contribution in [0.1, 0.15) is 90.6 Å². The summed E-state index contributed by atoms with van der Waals surface area (Å²) < 4.78 is 19.2. The van der Waals surface area contributed by atoms with Crippen molar-refractivity contribution in [3.8, 4) is 5.75 Å². The molecule has 49 heavy (non-hydrogen) atoms. The highest BCUT2D eigenvalue weighted by molar-refractivity contribution is 6.74. The average molecular weight is 695 g/mol. The molecule has 1 heterocycles. The number of para-hydroxylation sites is 1. The van der Waals surface area contributed by atoms with Crippen LogP contribution in [-0.2, 0) is 30.2 Å². The van der Waals surface area contributed by atoms with Crippen LogP contribution in [0.3, 0.4) is 0 Å². The molecule has 1 aliphatic heterocycles. The summed E-state index contributed by atoms with van der Waals surface area (Å²) in [7, 11) is -2.49. The summed E-state index contributed by atoms with van der Waals surface area (Å²) in [4.78, 5) is 62.5. The Bertz CT molecular complexity index is 1510. The van der Waals surface area contributed by atoms with E-state index in [0.29, 0.717) is 12.2 Å². The second kappa shape index (κ2) is 15.0. The van der Waals surface area contributed by atoms with E-state index >= 15 is 4.79 Å². The molecule has 0 bridgehead atoms. The van der Waals surface area contributed by atoms with E-state index in [0.717, 1.165) is 23.5 Å². The number of carbonyl (C=O) groups is 4. The number of rotatable bonds is 9. The lowest BCUT2D eigenvalue weighted by Crippen LogP contribution is -2.69. The Hall–Kier alpha value is -3.70. The molecule has 0 aromatic heterocycles. The Morgan fingerprint density at radius 1 is 1.02 bits per heavy atom. The van der Waals surface area contributed by atoms with Crippen LogP contribution in [0, 0.1) is 23.7 Å². The highest BCUT2D eigenvalue weighted by atomic mass is 28.4. The number of hydroxylamine groups is 2. The maximum atomic E-state index is 15.3. The monoisotopic (exact) mass is 694 g/mol.